The fourth-order valence-electron chi connectivity index (χ4n) is 4.14. The Morgan fingerprint density at radius 1 is 1.10 bits per heavy atom. The first-order valence-electron chi connectivity index (χ1n) is 10.4. The molecule has 1 aromatic carbocycles. The number of hydrogen-bond acceptors (Lipinski definition) is 4. The molecule has 0 N–H and O–H groups in total. The molecule has 1 atom stereocenters. The Morgan fingerprint density at radius 2 is 1.90 bits per heavy atom. The van der Waals surface area contributed by atoms with Gasteiger partial charge in [0.1, 0.15) is 0 Å². The van der Waals surface area contributed by atoms with Crippen LogP contribution in [0.25, 0.3) is 0 Å². The van der Waals surface area contributed by atoms with Gasteiger partial charge in [-0.1, -0.05) is 6.07 Å². The van der Waals surface area contributed by atoms with Crippen LogP contribution in [0.1, 0.15) is 17.5 Å². The van der Waals surface area contributed by atoms with Crippen LogP contribution < -0.4 is 4.90 Å². The normalized spacial score (nSPS) is 20.5. The second-order valence-electron chi connectivity index (χ2n) is 8.11. The van der Waals surface area contributed by atoms with Crippen molar-refractivity contribution in [3.8, 4) is 0 Å². The number of aryl methyl sites for hydroxylation is 2. The van der Waals surface area contributed by atoms with Crippen LogP contribution in [0.2, 0.25) is 0 Å². The molecule has 4 rings (SSSR count). The minimum atomic E-state index is -0.236. The highest BCUT2D eigenvalue weighted by Gasteiger charge is 2.37. The average molecular weight is 396 g/mol. The number of piperazine rings is 1. The summed E-state index contributed by atoms with van der Waals surface area (Å²) in [7, 11) is 0. The average Bonchev–Trinajstić information content (AvgIpc) is 3.38. The highest BCUT2D eigenvalue weighted by atomic mass is 16.2. The molecule has 2 aliphatic heterocycles. The van der Waals surface area contributed by atoms with Gasteiger partial charge in [-0.3, -0.25) is 19.2 Å². The summed E-state index contributed by atoms with van der Waals surface area (Å²) in [6, 6.07) is 7.99. The Hall–Kier alpha value is -2.67. The van der Waals surface area contributed by atoms with Gasteiger partial charge in [0.25, 0.3) is 0 Å². The lowest BCUT2D eigenvalue weighted by atomic mass is 10.1. The van der Waals surface area contributed by atoms with E-state index >= 15 is 0 Å². The van der Waals surface area contributed by atoms with Crippen LogP contribution in [0.15, 0.2) is 36.7 Å². The molecule has 0 saturated carbocycles. The van der Waals surface area contributed by atoms with Crippen molar-refractivity contribution in [2.24, 2.45) is 5.92 Å². The van der Waals surface area contributed by atoms with Crippen molar-refractivity contribution in [2.75, 3.05) is 44.2 Å². The van der Waals surface area contributed by atoms with Gasteiger partial charge in [-0.2, -0.15) is 5.10 Å². The highest BCUT2D eigenvalue weighted by molar-refractivity contribution is 6.00. The number of aromatic nitrogens is 2. The van der Waals surface area contributed by atoms with Gasteiger partial charge in [-0.15, -0.1) is 0 Å². The fraction of sp³-hybridized carbons (Fsp3) is 0.500. The molecule has 1 unspecified atom stereocenters. The Balaban J connectivity index is 1.30. The van der Waals surface area contributed by atoms with Crippen LogP contribution in [0, 0.1) is 19.8 Å². The third-order valence-electron chi connectivity index (χ3n) is 6.16. The maximum Gasteiger partial charge on any atom is 0.228 e. The topological polar surface area (TPSA) is 61.7 Å². The summed E-state index contributed by atoms with van der Waals surface area (Å²) < 4.78 is 1.93. The van der Waals surface area contributed by atoms with Gasteiger partial charge in [0.05, 0.1) is 12.5 Å². The monoisotopic (exact) mass is 395 g/mol. The largest absolute Gasteiger partial charge is 0.340 e. The summed E-state index contributed by atoms with van der Waals surface area (Å²) in [6.45, 7) is 9.59. The second-order valence-corrected chi connectivity index (χ2v) is 8.11. The fourth-order valence-corrected chi connectivity index (χ4v) is 4.14. The van der Waals surface area contributed by atoms with Gasteiger partial charge < -0.3 is 9.80 Å². The van der Waals surface area contributed by atoms with Gasteiger partial charge in [0.15, 0.2) is 0 Å². The van der Waals surface area contributed by atoms with E-state index in [0.29, 0.717) is 13.0 Å². The zero-order valence-corrected chi connectivity index (χ0v) is 17.3. The highest BCUT2D eigenvalue weighted by Crippen LogP contribution is 2.28. The molecule has 1 aromatic heterocycles. The zero-order chi connectivity index (χ0) is 20.4. The summed E-state index contributed by atoms with van der Waals surface area (Å²) in [6.07, 6.45) is 4.07. The molecule has 2 amide bonds. The SMILES string of the molecule is Cc1ccc(N2CC(C(=O)N3CCN(CCn4cccn4)CC3)CC2=O)cc1C. The van der Waals surface area contributed by atoms with Crippen molar-refractivity contribution in [1.82, 2.24) is 19.6 Å². The zero-order valence-electron chi connectivity index (χ0n) is 17.3. The van der Waals surface area contributed by atoms with E-state index in [1.165, 1.54) is 5.56 Å². The molecule has 7 nitrogen and oxygen atoms in total. The number of rotatable bonds is 5. The Labute approximate surface area is 171 Å². The van der Waals surface area contributed by atoms with Crippen molar-refractivity contribution >= 4 is 17.5 Å². The number of benzene rings is 1. The summed E-state index contributed by atoms with van der Waals surface area (Å²) in [5.74, 6) is -0.0689. The summed E-state index contributed by atoms with van der Waals surface area (Å²) in [4.78, 5) is 31.6. The Bertz CT molecular complexity index is 871. The van der Waals surface area contributed by atoms with Crippen LogP contribution in [0.5, 0.6) is 0 Å². The maximum atomic E-state index is 13.0. The third kappa shape index (κ3) is 4.34. The van der Waals surface area contributed by atoms with Crippen molar-refractivity contribution < 1.29 is 9.59 Å². The third-order valence-corrected chi connectivity index (χ3v) is 6.16. The van der Waals surface area contributed by atoms with Crippen molar-refractivity contribution in [3.63, 3.8) is 0 Å². The summed E-state index contributed by atoms with van der Waals surface area (Å²) in [5.41, 5.74) is 3.27. The molecular weight excluding hydrogens is 366 g/mol. The quantitative estimate of drug-likeness (QED) is 0.773. The van der Waals surface area contributed by atoms with Crippen molar-refractivity contribution in [3.05, 3.63) is 47.8 Å². The molecule has 2 aromatic rings. The van der Waals surface area contributed by atoms with E-state index in [4.69, 9.17) is 0 Å². The van der Waals surface area contributed by atoms with Gasteiger partial charge in [-0.25, -0.2) is 0 Å². The predicted octanol–water partition coefficient (Wildman–Crippen LogP) is 1.70. The van der Waals surface area contributed by atoms with E-state index < -0.39 is 0 Å². The molecule has 7 heteroatoms. The smallest absolute Gasteiger partial charge is 0.228 e. The molecule has 2 aliphatic rings. The van der Waals surface area contributed by atoms with Crippen LogP contribution in [0.3, 0.4) is 0 Å². The molecule has 0 aliphatic carbocycles. The van der Waals surface area contributed by atoms with Crippen LogP contribution in [-0.4, -0.2) is 70.7 Å². The molecule has 29 heavy (non-hydrogen) atoms. The van der Waals surface area contributed by atoms with Crippen molar-refractivity contribution in [1.29, 1.82) is 0 Å². The van der Waals surface area contributed by atoms with Gasteiger partial charge in [0, 0.05) is 63.8 Å². The molecule has 0 bridgehead atoms. The summed E-state index contributed by atoms with van der Waals surface area (Å²) >= 11 is 0. The van der Waals surface area contributed by atoms with E-state index in [1.807, 2.05) is 47.0 Å². The standard InChI is InChI=1S/C22H29N5O2/c1-17-4-5-20(14-18(17)2)27-16-19(15-21(27)28)22(29)25-11-8-24(9-12-25)10-13-26-7-3-6-23-26/h3-7,14,19H,8-13,15-16H2,1-2H3. The summed E-state index contributed by atoms with van der Waals surface area (Å²) in [5, 5.41) is 4.23. The van der Waals surface area contributed by atoms with Crippen LogP contribution >= 0.6 is 0 Å². The lowest BCUT2D eigenvalue weighted by Gasteiger charge is -2.35. The van der Waals surface area contributed by atoms with E-state index in [9.17, 15) is 9.59 Å². The minimum absolute atomic E-state index is 0.0458. The maximum absolute atomic E-state index is 13.0. The minimum Gasteiger partial charge on any atom is -0.340 e. The number of amides is 2. The molecule has 0 spiro atoms. The van der Waals surface area contributed by atoms with E-state index in [2.05, 4.69) is 16.9 Å². The second kappa shape index (κ2) is 8.37. The first-order chi connectivity index (χ1) is 14.0. The van der Waals surface area contributed by atoms with Crippen molar-refractivity contribution in [2.45, 2.75) is 26.8 Å². The first-order valence-corrected chi connectivity index (χ1v) is 10.4. The van der Waals surface area contributed by atoms with Crippen LogP contribution in [0.4, 0.5) is 5.69 Å². The Morgan fingerprint density at radius 3 is 2.59 bits per heavy atom. The number of nitrogens with zero attached hydrogens (tertiary/aromatic N) is 5. The molecule has 0 radical (unpaired) electrons. The van der Waals surface area contributed by atoms with Crippen LogP contribution in [-0.2, 0) is 16.1 Å². The van der Waals surface area contributed by atoms with Gasteiger partial charge in [0.2, 0.25) is 11.8 Å². The van der Waals surface area contributed by atoms with E-state index in [0.717, 1.165) is 50.5 Å². The first kappa shape index (κ1) is 19.6. The molecule has 2 saturated heterocycles. The lowest BCUT2D eigenvalue weighted by Crippen LogP contribution is -2.51. The number of anilines is 1. The lowest BCUT2D eigenvalue weighted by molar-refractivity contribution is -0.137. The number of carbonyl (C=O) groups is 2. The van der Waals surface area contributed by atoms with E-state index in [-0.39, 0.29) is 17.7 Å². The Kier molecular flexibility index (Phi) is 5.67. The molecule has 2 fully saturated rings. The van der Waals surface area contributed by atoms with E-state index in [1.54, 1.807) is 11.1 Å². The molecular formula is C22H29N5O2. The number of carbonyl (C=O) groups excluding carboxylic acids is 2. The molecule has 3 heterocycles. The van der Waals surface area contributed by atoms with Gasteiger partial charge >= 0.3 is 0 Å². The molecule has 154 valence electrons. The van der Waals surface area contributed by atoms with Gasteiger partial charge in [-0.05, 0) is 43.2 Å². The predicted molar refractivity (Wildman–Crippen MR) is 112 cm³/mol. The number of hydrogen-bond donors (Lipinski definition) is 0.